The molecular weight excluding hydrogens is 248 g/mol. The Morgan fingerprint density at radius 2 is 1.60 bits per heavy atom. The highest BCUT2D eigenvalue weighted by Gasteiger charge is 2.10. The number of aliphatic hydroxyl groups excluding tert-OH is 1. The Labute approximate surface area is 121 Å². The molecule has 0 fully saturated rings. The fourth-order valence-corrected chi connectivity index (χ4v) is 2.25. The molecule has 0 aromatic heterocycles. The predicted molar refractivity (Wildman–Crippen MR) is 82.8 cm³/mol. The summed E-state index contributed by atoms with van der Waals surface area (Å²) < 4.78 is 5.80. The van der Waals surface area contributed by atoms with E-state index >= 15 is 0 Å². The first-order valence-corrected chi connectivity index (χ1v) is 7.12. The van der Waals surface area contributed by atoms with Gasteiger partial charge in [-0.2, -0.15) is 0 Å². The summed E-state index contributed by atoms with van der Waals surface area (Å²) in [5, 5.41) is 9.92. The molecule has 2 aromatic carbocycles. The molecular formula is C18H22O2. The largest absolute Gasteiger partial charge is 0.490 e. The lowest BCUT2D eigenvalue weighted by Gasteiger charge is -2.16. The van der Waals surface area contributed by atoms with E-state index in [0.29, 0.717) is 12.5 Å². The zero-order valence-corrected chi connectivity index (χ0v) is 12.1. The van der Waals surface area contributed by atoms with Crippen LogP contribution in [0, 0.1) is 5.92 Å². The van der Waals surface area contributed by atoms with Crippen molar-refractivity contribution < 1.29 is 9.84 Å². The lowest BCUT2D eigenvalue weighted by molar-refractivity contribution is 0.0895. The topological polar surface area (TPSA) is 29.5 Å². The van der Waals surface area contributed by atoms with Crippen LogP contribution in [-0.4, -0.2) is 17.8 Å². The van der Waals surface area contributed by atoms with E-state index in [-0.39, 0.29) is 0 Å². The van der Waals surface area contributed by atoms with Crippen molar-refractivity contribution in [3.05, 3.63) is 54.6 Å². The van der Waals surface area contributed by atoms with Crippen molar-refractivity contribution in [1.29, 1.82) is 0 Å². The summed E-state index contributed by atoms with van der Waals surface area (Å²) >= 11 is 0. The highest BCUT2D eigenvalue weighted by molar-refractivity contribution is 5.70. The van der Waals surface area contributed by atoms with Gasteiger partial charge in [0, 0.05) is 5.56 Å². The quantitative estimate of drug-likeness (QED) is 0.855. The van der Waals surface area contributed by atoms with Crippen LogP contribution in [0.15, 0.2) is 54.6 Å². The second-order valence-electron chi connectivity index (χ2n) is 5.46. The van der Waals surface area contributed by atoms with E-state index in [9.17, 15) is 5.11 Å². The molecule has 0 aliphatic rings. The summed E-state index contributed by atoms with van der Waals surface area (Å²) in [6.45, 7) is 4.53. The number of rotatable bonds is 6. The molecule has 0 spiro atoms. The van der Waals surface area contributed by atoms with Gasteiger partial charge in [-0.1, -0.05) is 62.4 Å². The molecule has 1 unspecified atom stereocenters. The lowest BCUT2D eigenvalue weighted by atomic mass is 10.0. The number of aliphatic hydroxyl groups is 1. The van der Waals surface area contributed by atoms with Crippen LogP contribution in [-0.2, 0) is 0 Å². The van der Waals surface area contributed by atoms with Crippen molar-refractivity contribution in [2.24, 2.45) is 5.92 Å². The molecule has 0 bridgehead atoms. The van der Waals surface area contributed by atoms with Crippen molar-refractivity contribution >= 4 is 0 Å². The van der Waals surface area contributed by atoms with Gasteiger partial charge in [0.15, 0.2) is 0 Å². The van der Waals surface area contributed by atoms with Crippen LogP contribution in [0.3, 0.4) is 0 Å². The molecule has 2 aromatic rings. The normalized spacial score (nSPS) is 12.4. The van der Waals surface area contributed by atoms with Gasteiger partial charge >= 0.3 is 0 Å². The molecule has 1 N–H and O–H groups in total. The summed E-state index contributed by atoms with van der Waals surface area (Å²) in [6, 6.07) is 18.1. The molecule has 0 aliphatic heterocycles. The standard InChI is InChI=1S/C18H22O2/c1-14(2)12-16(19)13-20-18-11-7-6-10-17(18)15-8-4-3-5-9-15/h3-11,14,16,19H,12-13H2,1-2H3. The van der Waals surface area contributed by atoms with Crippen LogP contribution in [0.25, 0.3) is 11.1 Å². The third-order valence-electron chi connectivity index (χ3n) is 3.15. The van der Waals surface area contributed by atoms with Gasteiger partial charge in [0.25, 0.3) is 0 Å². The molecule has 0 heterocycles. The molecule has 2 heteroatoms. The third-order valence-corrected chi connectivity index (χ3v) is 3.15. The monoisotopic (exact) mass is 270 g/mol. The van der Waals surface area contributed by atoms with Crippen LogP contribution in [0.2, 0.25) is 0 Å². The van der Waals surface area contributed by atoms with Gasteiger partial charge in [0.1, 0.15) is 12.4 Å². The Hall–Kier alpha value is -1.80. The number of benzene rings is 2. The first-order chi connectivity index (χ1) is 9.66. The van der Waals surface area contributed by atoms with Gasteiger partial charge in [-0.05, 0) is 24.0 Å². The molecule has 1 atom stereocenters. The van der Waals surface area contributed by atoms with E-state index in [4.69, 9.17) is 4.74 Å². The maximum Gasteiger partial charge on any atom is 0.127 e. The fourth-order valence-electron chi connectivity index (χ4n) is 2.25. The van der Waals surface area contributed by atoms with Crippen molar-refractivity contribution in [1.82, 2.24) is 0 Å². The maximum atomic E-state index is 9.92. The van der Waals surface area contributed by atoms with Gasteiger partial charge in [-0.25, -0.2) is 0 Å². The predicted octanol–water partition coefficient (Wildman–Crippen LogP) is 4.14. The fraction of sp³-hybridized carbons (Fsp3) is 0.333. The van der Waals surface area contributed by atoms with Gasteiger partial charge in [-0.3, -0.25) is 0 Å². The van der Waals surface area contributed by atoms with E-state index in [2.05, 4.69) is 26.0 Å². The van der Waals surface area contributed by atoms with E-state index in [1.807, 2.05) is 42.5 Å². The van der Waals surface area contributed by atoms with E-state index in [1.54, 1.807) is 0 Å². The van der Waals surface area contributed by atoms with E-state index in [0.717, 1.165) is 23.3 Å². The smallest absolute Gasteiger partial charge is 0.127 e. The van der Waals surface area contributed by atoms with Gasteiger partial charge < -0.3 is 9.84 Å². The first-order valence-electron chi connectivity index (χ1n) is 7.12. The first kappa shape index (κ1) is 14.6. The highest BCUT2D eigenvalue weighted by atomic mass is 16.5. The van der Waals surface area contributed by atoms with Crippen LogP contribution in [0.4, 0.5) is 0 Å². The maximum absolute atomic E-state index is 9.92. The minimum atomic E-state index is -0.418. The van der Waals surface area contributed by atoms with Gasteiger partial charge in [-0.15, -0.1) is 0 Å². The Kier molecular flexibility index (Phi) is 5.19. The summed E-state index contributed by atoms with van der Waals surface area (Å²) in [5.41, 5.74) is 2.19. The van der Waals surface area contributed by atoms with Crippen LogP contribution < -0.4 is 4.74 Å². The molecule has 0 saturated heterocycles. The molecule has 0 aliphatic carbocycles. The van der Waals surface area contributed by atoms with E-state index < -0.39 is 6.10 Å². The summed E-state index contributed by atoms with van der Waals surface area (Å²) in [7, 11) is 0. The molecule has 0 amide bonds. The number of hydrogen-bond donors (Lipinski definition) is 1. The summed E-state index contributed by atoms with van der Waals surface area (Å²) in [4.78, 5) is 0. The average Bonchev–Trinajstić information content (AvgIpc) is 2.46. The zero-order valence-electron chi connectivity index (χ0n) is 12.1. The van der Waals surface area contributed by atoms with Crippen molar-refractivity contribution in [3.63, 3.8) is 0 Å². The van der Waals surface area contributed by atoms with Crippen LogP contribution in [0.1, 0.15) is 20.3 Å². The average molecular weight is 270 g/mol. The highest BCUT2D eigenvalue weighted by Crippen LogP contribution is 2.29. The zero-order chi connectivity index (χ0) is 14.4. The summed E-state index contributed by atoms with van der Waals surface area (Å²) in [6.07, 6.45) is 0.340. The van der Waals surface area contributed by atoms with Crippen molar-refractivity contribution in [3.8, 4) is 16.9 Å². The SMILES string of the molecule is CC(C)CC(O)COc1ccccc1-c1ccccc1. The number of ether oxygens (including phenoxy) is 1. The Bertz CT molecular complexity index is 520. The van der Waals surface area contributed by atoms with Gasteiger partial charge in [0.05, 0.1) is 6.10 Å². The van der Waals surface area contributed by atoms with E-state index in [1.165, 1.54) is 0 Å². The number of hydrogen-bond acceptors (Lipinski definition) is 2. The molecule has 2 rings (SSSR count). The molecule has 0 saturated carbocycles. The molecule has 2 nitrogen and oxygen atoms in total. The Morgan fingerprint density at radius 3 is 2.30 bits per heavy atom. The Balaban J connectivity index is 2.09. The minimum Gasteiger partial charge on any atom is -0.490 e. The van der Waals surface area contributed by atoms with Crippen molar-refractivity contribution in [2.75, 3.05) is 6.61 Å². The van der Waals surface area contributed by atoms with Crippen LogP contribution >= 0.6 is 0 Å². The minimum absolute atomic E-state index is 0.335. The van der Waals surface area contributed by atoms with Gasteiger partial charge in [0.2, 0.25) is 0 Å². The third kappa shape index (κ3) is 4.10. The molecule has 20 heavy (non-hydrogen) atoms. The Morgan fingerprint density at radius 1 is 0.950 bits per heavy atom. The molecule has 0 radical (unpaired) electrons. The second-order valence-corrected chi connectivity index (χ2v) is 5.46. The number of para-hydroxylation sites is 1. The lowest BCUT2D eigenvalue weighted by Crippen LogP contribution is -2.19. The van der Waals surface area contributed by atoms with Crippen LogP contribution in [0.5, 0.6) is 5.75 Å². The second kappa shape index (κ2) is 7.11. The molecule has 106 valence electrons. The van der Waals surface area contributed by atoms with Crippen molar-refractivity contribution in [2.45, 2.75) is 26.4 Å². The summed E-state index contributed by atoms with van der Waals surface area (Å²) in [5.74, 6) is 1.29.